The number of benzene rings is 2. The SMILES string of the molecule is C/C(=N\NC(=S)NCc1ccccc1)c1ccc(O)c(C[NH+]2CCCCC2)c1. The highest BCUT2D eigenvalue weighted by molar-refractivity contribution is 7.80. The summed E-state index contributed by atoms with van der Waals surface area (Å²) < 4.78 is 0. The Hall–Kier alpha value is -2.44. The van der Waals surface area contributed by atoms with Crippen molar-refractivity contribution in [3.05, 3.63) is 65.2 Å². The zero-order valence-corrected chi connectivity index (χ0v) is 17.2. The quantitative estimate of drug-likeness (QED) is 0.343. The van der Waals surface area contributed by atoms with Crippen LogP contribution in [0.4, 0.5) is 0 Å². The Labute approximate surface area is 172 Å². The molecule has 0 radical (unpaired) electrons. The highest BCUT2D eigenvalue weighted by Gasteiger charge is 2.16. The van der Waals surface area contributed by atoms with E-state index in [0.29, 0.717) is 17.4 Å². The molecule has 1 aliphatic heterocycles. The summed E-state index contributed by atoms with van der Waals surface area (Å²) in [5, 5.41) is 18.3. The van der Waals surface area contributed by atoms with Gasteiger partial charge in [0.05, 0.1) is 18.8 Å². The molecule has 4 N–H and O–H groups in total. The van der Waals surface area contributed by atoms with E-state index in [2.05, 4.69) is 15.8 Å². The summed E-state index contributed by atoms with van der Waals surface area (Å²) in [5.41, 5.74) is 6.87. The Bertz CT molecular complexity index is 817. The number of hydrazone groups is 1. The molecule has 0 saturated carbocycles. The molecule has 0 spiro atoms. The average Bonchev–Trinajstić information content (AvgIpc) is 2.73. The van der Waals surface area contributed by atoms with Gasteiger partial charge >= 0.3 is 0 Å². The standard InChI is InChI=1S/C22H28N4OS/c1-17(24-25-22(28)23-15-18-8-4-2-5-9-18)19-10-11-21(27)20(14-19)16-26-12-6-3-7-13-26/h2,4-5,8-11,14,27H,3,6-7,12-13,15-16H2,1H3,(H2,23,25,28)/p+1/b24-17+. The van der Waals surface area contributed by atoms with Crippen molar-refractivity contribution < 1.29 is 10.0 Å². The molecule has 1 aliphatic rings. The fourth-order valence-corrected chi connectivity index (χ4v) is 3.58. The predicted molar refractivity (Wildman–Crippen MR) is 118 cm³/mol. The Kier molecular flexibility index (Phi) is 7.39. The van der Waals surface area contributed by atoms with Crippen molar-refractivity contribution in [2.75, 3.05) is 13.1 Å². The molecule has 148 valence electrons. The van der Waals surface area contributed by atoms with Crippen LogP contribution < -0.4 is 15.6 Å². The third-order valence-corrected chi connectivity index (χ3v) is 5.36. The van der Waals surface area contributed by atoms with Gasteiger partial charge in [0, 0.05) is 12.1 Å². The van der Waals surface area contributed by atoms with Gasteiger partial charge in [0.15, 0.2) is 5.11 Å². The summed E-state index contributed by atoms with van der Waals surface area (Å²) >= 11 is 5.30. The molecule has 1 saturated heterocycles. The molecule has 0 bridgehead atoms. The van der Waals surface area contributed by atoms with Gasteiger partial charge in [-0.25, -0.2) is 0 Å². The van der Waals surface area contributed by atoms with E-state index < -0.39 is 0 Å². The number of piperidine rings is 1. The summed E-state index contributed by atoms with van der Waals surface area (Å²) in [6.07, 6.45) is 3.87. The number of nitrogens with zero attached hydrogens (tertiary/aromatic N) is 1. The van der Waals surface area contributed by atoms with Crippen molar-refractivity contribution in [2.24, 2.45) is 5.10 Å². The minimum atomic E-state index is 0.364. The number of likely N-dealkylation sites (tertiary alicyclic amines) is 1. The van der Waals surface area contributed by atoms with E-state index >= 15 is 0 Å². The van der Waals surface area contributed by atoms with E-state index in [1.807, 2.05) is 49.4 Å². The van der Waals surface area contributed by atoms with Crippen LogP contribution in [-0.4, -0.2) is 29.0 Å². The zero-order valence-electron chi connectivity index (χ0n) is 16.4. The molecule has 3 rings (SSSR count). The van der Waals surface area contributed by atoms with Crippen molar-refractivity contribution in [3.8, 4) is 5.75 Å². The number of phenolic OH excluding ortho intramolecular Hbond substituents is 1. The molecule has 2 aromatic rings. The van der Waals surface area contributed by atoms with Crippen molar-refractivity contribution in [1.82, 2.24) is 10.7 Å². The molecule has 0 aromatic heterocycles. The van der Waals surface area contributed by atoms with Gasteiger partial charge in [-0.1, -0.05) is 30.3 Å². The lowest BCUT2D eigenvalue weighted by Gasteiger charge is -2.24. The molecule has 0 aliphatic carbocycles. The first kappa shape index (κ1) is 20.3. The Morgan fingerprint density at radius 2 is 1.86 bits per heavy atom. The number of thiocarbonyl (C=S) groups is 1. The molecule has 2 aromatic carbocycles. The van der Waals surface area contributed by atoms with Crippen molar-refractivity contribution >= 4 is 23.0 Å². The second-order valence-electron chi connectivity index (χ2n) is 7.31. The molecule has 1 heterocycles. The van der Waals surface area contributed by atoms with Crippen LogP contribution >= 0.6 is 12.2 Å². The van der Waals surface area contributed by atoms with Gasteiger partial charge in [-0.15, -0.1) is 0 Å². The maximum atomic E-state index is 10.2. The van der Waals surface area contributed by atoms with E-state index in [9.17, 15) is 5.11 Å². The molecule has 0 atom stereocenters. The minimum absolute atomic E-state index is 0.364. The summed E-state index contributed by atoms with van der Waals surface area (Å²) in [4.78, 5) is 1.54. The van der Waals surface area contributed by atoms with Gasteiger partial charge in [0.2, 0.25) is 0 Å². The van der Waals surface area contributed by atoms with Crippen molar-refractivity contribution in [2.45, 2.75) is 39.3 Å². The first-order valence-electron chi connectivity index (χ1n) is 9.89. The summed E-state index contributed by atoms with van der Waals surface area (Å²) in [5.74, 6) is 0.364. The van der Waals surface area contributed by atoms with E-state index in [-0.39, 0.29) is 0 Å². The third kappa shape index (κ3) is 6.04. The van der Waals surface area contributed by atoms with Crippen LogP contribution in [0.1, 0.15) is 42.9 Å². The van der Waals surface area contributed by atoms with Crippen LogP contribution in [-0.2, 0) is 13.1 Å². The maximum absolute atomic E-state index is 10.2. The average molecular weight is 398 g/mol. The van der Waals surface area contributed by atoms with Gasteiger partial charge in [0.1, 0.15) is 12.3 Å². The third-order valence-electron chi connectivity index (χ3n) is 5.12. The molecule has 5 nitrogen and oxygen atoms in total. The number of nitrogens with one attached hydrogen (secondary N) is 3. The first-order valence-corrected chi connectivity index (χ1v) is 10.3. The number of hydrogen-bond acceptors (Lipinski definition) is 3. The van der Waals surface area contributed by atoms with E-state index in [4.69, 9.17) is 12.2 Å². The number of hydrogen-bond donors (Lipinski definition) is 4. The van der Waals surface area contributed by atoms with E-state index in [1.165, 1.54) is 37.3 Å². The lowest BCUT2D eigenvalue weighted by Crippen LogP contribution is -3.11. The summed E-state index contributed by atoms with van der Waals surface area (Å²) in [6, 6.07) is 15.8. The van der Waals surface area contributed by atoms with Gasteiger partial charge in [-0.3, -0.25) is 5.43 Å². The lowest BCUT2D eigenvalue weighted by atomic mass is 10.0. The first-order chi connectivity index (χ1) is 13.6. The van der Waals surface area contributed by atoms with Gasteiger partial charge in [-0.05, 0) is 67.7 Å². The molecule has 28 heavy (non-hydrogen) atoms. The number of phenols is 1. The molecule has 1 fully saturated rings. The predicted octanol–water partition coefficient (Wildman–Crippen LogP) is 2.35. The largest absolute Gasteiger partial charge is 0.507 e. The summed E-state index contributed by atoms with van der Waals surface area (Å²) in [7, 11) is 0. The van der Waals surface area contributed by atoms with Crippen molar-refractivity contribution in [3.63, 3.8) is 0 Å². The van der Waals surface area contributed by atoms with Crippen LogP contribution in [0.15, 0.2) is 53.6 Å². The van der Waals surface area contributed by atoms with Gasteiger partial charge in [-0.2, -0.15) is 5.10 Å². The van der Waals surface area contributed by atoms with E-state index in [1.54, 1.807) is 6.07 Å². The minimum Gasteiger partial charge on any atom is -0.507 e. The van der Waals surface area contributed by atoms with Crippen LogP contribution in [0.5, 0.6) is 5.75 Å². The second kappa shape index (κ2) is 10.2. The van der Waals surface area contributed by atoms with E-state index in [0.717, 1.165) is 28.9 Å². The zero-order chi connectivity index (χ0) is 19.8. The van der Waals surface area contributed by atoms with Crippen LogP contribution in [0.3, 0.4) is 0 Å². The fourth-order valence-electron chi connectivity index (χ4n) is 3.47. The van der Waals surface area contributed by atoms with Crippen LogP contribution in [0, 0.1) is 0 Å². The Balaban J connectivity index is 1.57. The number of aromatic hydroxyl groups is 1. The molecular formula is C22H29N4OS+. The Morgan fingerprint density at radius 3 is 2.61 bits per heavy atom. The monoisotopic (exact) mass is 397 g/mol. The molecular weight excluding hydrogens is 368 g/mol. The number of rotatable bonds is 6. The topological polar surface area (TPSA) is 61.1 Å². The molecule has 6 heteroatoms. The lowest BCUT2D eigenvalue weighted by molar-refractivity contribution is -0.918. The molecule has 0 unspecified atom stereocenters. The number of quaternary nitrogens is 1. The highest BCUT2D eigenvalue weighted by Crippen LogP contribution is 2.18. The fraction of sp³-hybridized carbons (Fsp3) is 0.364. The Morgan fingerprint density at radius 1 is 1.11 bits per heavy atom. The smallest absolute Gasteiger partial charge is 0.187 e. The highest BCUT2D eigenvalue weighted by atomic mass is 32.1. The van der Waals surface area contributed by atoms with Crippen LogP contribution in [0.25, 0.3) is 0 Å². The maximum Gasteiger partial charge on any atom is 0.187 e. The molecule has 0 amide bonds. The normalized spacial score (nSPS) is 15.2. The van der Waals surface area contributed by atoms with Crippen LogP contribution in [0.2, 0.25) is 0 Å². The van der Waals surface area contributed by atoms with Gasteiger partial charge < -0.3 is 15.3 Å². The van der Waals surface area contributed by atoms with Gasteiger partial charge in [0.25, 0.3) is 0 Å². The second-order valence-corrected chi connectivity index (χ2v) is 7.72. The summed E-state index contributed by atoms with van der Waals surface area (Å²) in [6.45, 7) is 5.82. The van der Waals surface area contributed by atoms with Crippen molar-refractivity contribution in [1.29, 1.82) is 0 Å².